The SMILES string of the molecule is CNC(C#N)(CSC(C)CO)c1ccccc1. The highest BCUT2D eigenvalue weighted by Gasteiger charge is 2.30. The Kier molecular flexibility index (Phi) is 5.49. The highest BCUT2D eigenvalue weighted by Crippen LogP contribution is 2.26. The first-order valence-corrected chi connectivity index (χ1v) is 6.61. The molecule has 0 spiro atoms. The predicted octanol–water partition coefficient (Wildman–Crippen LogP) is 1.74. The van der Waals surface area contributed by atoms with E-state index in [0.29, 0.717) is 5.75 Å². The van der Waals surface area contributed by atoms with Crippen LogP contribution in [0, 0.1) is 11.3 Å². The van der Waals surface area contributed by atoms with Crippen LogP contribution in [0.25, 0.3) is 0 Å². The minimum Gasteiger partial charge on any atom is -0.395 e. The summed E-state index contributed by atoms with van der Waals surface area (Å²) in [4.78, 5) is 0. The molecule has 0 aliphatic rings. The minimum absolute atomic E-state index is 0.130. The van der Waals surface area contributed by atoms with Crippen molar-refractivity contribution < 1.29 is 5.11 Å². The molecule has 1 aromatic rings. The van der Waals surface area contributed by atoms with E-state index in [1.54, 1.807) is 18.8 Å². The molecule has 0 amide bonds. The van der Waals surface area contributed by atoms with Gasteiger partial charge in [0.2, 0.25) is 0 Å². The zero-order chi connectivity index (χ0) is 12.7. The number of thioether (sulfide) groups is 1. The first kappa shape index (κ1) is 14.0. The maximum atomic E-state index is 9.43. The largest absolute Gasteiger partial charge is 0.395 e. The summed E-state index contributed by atoms with van der Waals surface area (Å²) in [5.41, 5.74) is 0.276. The first-order chi connectivity index (χ1) is 8.18. The van der Waals surface area contributed by atoms with E-state index in [1.807, 2.05) is 37.3 Å². The van der Waals surface area contributed by atoms with E-state index in [9.17, 15) is 5.26 Å². The number of aliphatic hydroxyl groups excluding tert-OH is 1. The van der Waals surface area contributed by atoms with Gasteiger partial charge < -0.3 is 5.11 Å². The Morgan fingerprint density at radius 1 is 1.47 bits per heavy atom. The second-order valence-electron chi connectivity index (χ2n) is 3.94. The Morgan fingerprint density at radius 3 is 2.59 bits per heavy atom. The van der Waals surface area contributed by atoms with Crippen molar-refractivity contribution in [2.24, 2.45) is 0 Å². The van der Waals surface area contributed by atoms with E-state index >= 15 is 0 Å². The summed E-state index contributed by atoms with van der Waals surface area (Å²) >= 11 is 1.59. The number of hydrogen-bond donors (Lipinski definition) is 2. The van der Waals surface area contributed by atoms with E-state index in [2.05, 4.69) is 11.4 Å². The summed E-state index contributed by atoms with van der Waals surface area (Å²) in [6.45, 7) is 2.08. The van der Waals surface area contributed by atoms with Crippen molar-refractivity contribution in [2.45, 2.75) is 17.7 Å². The maximum absolute atomic E-state index is 9.43. The van der Waals surface area contributed by atoms with Crippen LogP contribution < -0.4 is 5.32 Å². The molecule has 0 aliphatic carbocycles. The Bertz CT molecular complexity index is 377. The zero-order valence-corrected chi connectivity index (χ0v) is 11.0. The molecular weight excluding hydrogens is 232 g/mol. The van der Waals surface area contributed by atoms with Gasteiger partial charge in [0.1, 0.15) is 5.54 Å². The molecule has 0 aliphatic heterocycles. The Morgan fingerprint density at radius 2 is 2.12 bits per heavy atom. The number of nitriles is 1. The standard InChI is InChI=1S/C13H18N2OS/c1-11(8-16)17-10-13(9-14,15-2)12-6-4-3-5-7-12/h3-7,11,15-16H,8,10H2,1-2H3. The summed E-state index contributed by atoms with van der Waals surface area (Å²) in [5, 5.41) is 21.7. The minimum atomic E-state index is -0.685. The Labute approximate surface area is 107 Å². The van der Waals surface area contributed by atoms with Crippen LogP contribution in [0.4, 0.5) is 0 Å². The van der Waals surface area contributed by atoms with Gasteiger partial charge in [-0.05, 0) is 12.6 Å². The van der Waals surface area contributed by atoms with Gasteiger partial charge in [0.05, 0.1) is 12.7 Å². The van der Waals surface area contributed by atoms with Crippen molar-refractivity contribution in [3.8, 4) is 6.07 Å². The van der Waals surface area contributed by atoms with Crippen molar-refractivity contribution in [1.29, 1.82) is 5.26 Å². The molecule has 0 heterocycles. The molecule has 0 bridgehead atoms. The number of benzene rings is 1. The van der Waals surface area contributed by atoms with Crippen LogP contribution in [-0.4, -0.2) is 29.8 Å². The van der Waals surface area contributed by atoms with Crippen LogP contribution in [0.3, 0.4) is 0 Å². The topological polar surface area (TPSA) is 56.0 Å². The fraction of sp³-hybridized carbons (Fsp3) is 0.462. The lowest BCUT2D eigenvalue weighted by Crippen LogP contribution is -2.41. The third kappa shape index (κ3) is 3.47. The fourth-order valence-electron chi connectivity index (χ4n) is 1.50. The van der Waals surface area contributed by atoms with Crippen molar-refractivity contribution in [3.05, 3.63) is 35.9 Å². The van der Waals surface area contributed by atoms with Crippen molar-refractivity contribution in [2.75, 3.05) is 19.4 Å². The van der Waals surface area contributed by atoms with Gasteiger partial charge in [-0.15, -0.1) is 0 Å². The average molecular weight is 250 g/mol. The van der Waals surface area contributed by atoms with Crippen molar-refractivity contribution >= 4 is 11.8 Å². The molecule has 0 saturated carbocycles. The van der Waals surface area contributed by atoms with Gasteiger partial charge in [-0.25, -0.2) is 0 Å². The second-order valence-corrected chi connectivity index (χ2v) is 5.36. The van der Waals surface area contributed by atoms with E-state index < -0.39 is 5.54 Å². The molecule has 3 nitrogen and oxygen atoms in total. The molecular formula is C13H18N2OS. The monoisotopic (exact) mass is 250 g/mol. The summed E-state index contributed by atoms with van der Waals surface area (Å²) in [6, 6.07) is 12.0. The molecule has 0 saturated heterocycles. The molecule has 0 aromatic heterocycles. The third-order valence-electron chi connectivity index (χ3n) is 2.73. The summed E-state index contributed by atoms with van der Waals surface area (Å²) < 4.78 is 0. The molecule has 4 heteroatoms. The van der Waals surface area contributed by atoms with Gasteiger partial charge in [0.15, 0.2) is 0 Å². The van der Waals surface area contributed by atoms with E-state index in [4.69, 9.17) is 5.11 Å². The lowest BCUT2D eigenvalue weighted by Gasteiger charge is -2.27. The van der Waals surface area contributed by atoms with Crippen molar-refractivity contribution in [1.82, 2.24) is 5.32 Å². The average Bonchev–Trinajstić information content (AvgIpc) is 2.41. The molecule has 2 unspecified atom stereocenters. The van der Waals surface area contributed by atoms with Gasteiger partial charge in [0.25, 0.3) is 0 Å². The van der Waals surface area contributed by atoms with Crippen LogP contribution in [0.1, 0.15) is 12.5 Å². The Balaban J connectivity index is 2.87. The molecule has 0 radical (unpaired) electrons. The van der Waals surface area contributed by atoms with Gasteiger partial charge in [-0.3, -0.25) is 5.32 Å². The van der Waals surface area contributed by atoms with Crippen LogP contribution in [0.2, 0.25) is 0 Å². The fourth-order valence-corrected chi connectivity index (χ4v) is 2.51. The smallest absolute Gasteiger partial charge is 0.141 e. The number of hydrogen-bond acceptors (Lipinski definition) is 4. The second kappa shape index (κ2) is 6.65. The van der Waals surface area contributed by atoms with Gasteiger partial charge in [0, 0.05) is 11.0 Å². The lowest BCUT2D eigenvalue weighted by atomic mass is 9.94. The molecule has 17 heavy (non-hydrogen) atoms. The van der Waals surface area contributed by atoms with Gasteiger partial charge >= 0.3 is 0 Å². The molecule has 2 atom stereocenters. The third-order valence-corrected chi connectivity index (χ3v) is 4.04. The van der Waals surface area contributed by atoms with Crippen LogP contribution in [-0.2, 0) is 5.54 Å². The van der Waals surface area contributed by atoms with E-state index in [1.165, 1.54) is 0 Å². The number of nitrogens with one attached hydrogen (secondary N) is 1. The summed E-state index contributed by atoms with van der Waals surface area (Å²) in [5.74, 6) is 0.617. The lowest BCUT2D eigenvalue weighted by molar-refractivity contribution is 0.300. The predicted molar refractivity (Wildman–Crippen MR) is 71.8 cm³/mol. The normalized spacial score (nSPS) is 15.9. The first-order valence-electron chi connectivity index (χ1n) is 5.56. The quantitative estimate of drug-likeness (QED) is 0.807. The van der Waals surface area contributed by atoms with Gasteiger partial charge in [-0.2, -0.15) is 17.0 Å². The highest BCUT2D eigenvalue weighted by atomic mass is 32.2. The van der Waals surface area contributed by atoms with E-state index in [0.717, 1.165) is 5.56 Å². The number of nitrogens with zero attached hydrogens (tertiary/aromatic N) is 1. The molecule has 2 N–H and O–H groups in total. The number of rotatable bonds is 6. The van der Waals surface area contributed by atoms with Gasteiger partial charge in [-0.1, -0.05) is 37.3 Å². The molecule has 92 valence electrons. The zero-order valence-electron chi connectivity index (χ0n) is 10.2. The number of aliphatic hydroxyl groups is 1. The van der Waals surface area contributed by atoms with Crippen molar-refractivity contribution in [3.63, 3.8) is 0 Å². The maximum Gasteiger partial charge on any atom is 0.141 e. The summed E-state index contributed by atoms with van der Waals surface area (Å²) in [6.07, 6.45) is 0. The van der Waals surface area contributed by atoms with Crippen LogP contribution in [0.5, 0.6) is 0 Å². The van der Waals surface area contributed by atoms with Crippen LogP contribution >= 0.6 is 11.8 Å². The van der Waals surface area contributed by atoms with E-state index in [-0.39, 0.29) is 11.9 Å². The molecule has 1 rings (SSSR count). The van der Waals surface area contributed by atoms with Crippen LogP contribution in [0.15, 0.2) is 30.3 Å². The molecule has 0 fully saturated rings. The highest BCUT2D eigenvalue weighted by molar-refractivity contribution is 7.99. The summed E-state index contributed by atoms with van der Waals surface area (Å²) in [7, 11) is 1.79. The Hall–Kier alpha value is -1.02. The molecule has 1 aromatic carbocycles.